The third kappa shape index (κ3) is 2.71. The van der Waals surface area contributed by atoms with Crippen LogP contribution in [0.3, 0.4) is 0 Å². The van der Waals surface area contributed by atoms with E-state index in [9.17, 15) is 9.90 Å². The second-order valence-corrected chi connectivity index (χ2v) is 2.71. The summed E-state index contributed by atoms with van der Waals surface area (Å²) in [4.78, 5) is 11.1. The van der Waals surface area contributed by atoms with Crippen LogP contribution in [0.1, 0.15) is 11.7 Å². The minimum atomic E-state index is -1.46. The number of esters is 1. The lowest BCUT2D eigenvalue weighted by Crippen LogP contribution is -2.14. The fourth-order valence-electron chi connectivity index (χ4n) is 0.981. The van der Waals surface area contributed by atoms with E-state index < -0.39 is 12.1 Å². The number of carbonyl (C=O) groups excluding carboxylic acids is 1. The van der Waals surface area contributed by atoms with Crippen LogP contribution in [0, 0.1) is 0 Å². The summed E-state index contributed by atoms with van der Waals surface area (Å²) in [5.74, 6) is -0.767. The molecule has 73 valence electrons. The normalized spacial score (nSPS) is 11.8. The Labute approximate surface area is 82.6 Å². The highest BCUT2D eigenvalue weighted by Crippen LogP contribution is 2.14. The van der Waals surface area contributed by atoms with Gasteiger partial charge in [0.15, 0.2) is 0 Å². The minimum absolute atomic E-state index is 0.0738. The molecular weight excluding hydrogens is 180 g/mol. The maximum Gasteiger partial charge on any atom is 0.343 e. The molecule has 0 saturated carbocycles. The second-order valence-electron chi connectivity index (χ2n) is 2.71. The SMILES string of the molecule is C=CCOC(=O)C([O])c1ccccc1. The fraction of sp³-hybridized carbons (Fsp3) is 0.182. The van der Waals surface area contributed by atoms with E-state index in [1.807, 2.05) is 0 Å². The highest BCUT2D eigenvalue weighted by Gasteiger charge is 2.19. The van der Waals surface area contributed by atoms with E-state index in [1.54, 1.807) is 30.3 Å². The summed E-state index contributed by atoms with van der Waals surface area (Å²) in [6.07, 6.45) is -0.0357. The van der Waals surface area contributed by atoms with Crippen molar-refractivity contribution in [2.45, 2.75) is 6.10 Å². The van der Waals surface area contributed by atoms with Crippen LogP contribution in [0.15, 0.2) is 43.0 Å². The Morgan fingerprint density at radius 1 is 1.43 bits per heavy atom. The van der Waals surface area contributed by atoms with Crippen molar-refractivity contribution in [1.29, 1.82) is 0 Å². The van der Waals surface area contributed by atoms with Crippen molar-refractivity contribution in [3.63, 3.8) is 0 Å². The second kappa shape index (κ2) is 5.19. The predicted octanol–water partition coefficient (Wildman–Crippen LogP) is 1.89. The number of hydrogen-bond acceptors (Lipinski definition) is 2. The van der Waals surface area contributed by atoms with Crippen LogP contribution >= 0.6 is 0 Å². The quantitative estimate of drug-likeness (QED) is 0.539. The van der Waals surface area contributed by atoms with Gasteiger partial charge in [0.2, 0.25) is 6.10 Å². The Bertz CT molecular complexity index is 306. The highest BCUT2D eigenvalue weighted by molar-refractivity contribution is 5.76. The molecule has 14 heavy (non-hydrogen) atoms. The van der Waals surface area contributed by atoms with E-state index in [-0.39, 0.29) is 6.61 Å². The van der Waals surface area contributed by atoms with Gasteiger partial charge >= 0.3 is 5.97 Å². The molecule has 1 rings (SSSR count). The smallest absolute Gasteiger partial charge is 0.343 e. The summed E-state index contributed by atoms with van der Waals surface area (Å²) in [7, 11) is 0. The van der Waals surface area contributed by atoms with Gasteiger partial charge in [-0.3, -0.25) is 0 Å². The lowest BCUT2D eigenvalue weighted by molar-refractivity contribution is -0.156. The Morgan fingerprint density at radius 3 is 2.64 bits per heavy atom. The first-order valence-corrected chi connectivity index (χ1v) is 4.24. The predicted molar refractivity (Wildman–Crippen MR) is 51.0 cm³/mol. The lowest BCUT2D eigenvalue weighted by Gasteiger charge is -2.07. The van der Waals surface area contributed by atoms with E-state index in [0.29, 0.717) is 5.56 Å². The van der Waals surface area contributed by atoms with Crippen molar-refractivity contribution < 1.29 is 14.6 Å². The molecule has 0 saturated heterocycles. The molecule has 1 aromatic rings. The zero-order valence-corrected chi connectivity index (χ0v) is 7.68. The molecule has 0 aromatic heterocycles. The Balaban J connectivity index is 2.61. The van der Waals surface area contributed by atoms with E-state index in [2.05, 4.69) is 11.3 Å². The average molecular weight is 191 g/mol. The number of carbonyl (C=O) groups is 1. The molecule has 0 aliphatic rings. The van der Waals surface area contributed by atoms with Crippen molar-refractivity contribution in [1.82, 2.24) is 0 Å². The van der Waals surface area contributed by atoms with Crippen LogP contribution in [-0.4, -0.2) is 12.6 Å². The first-order chi connectivity index (χ1) is 6.75. The Kier molecular flexibility index (Phi) is 3.88. The summed E-state index contributed by atoms with van der Waals surface area (Å²) in [5.41, 5.74) is 0.418. The molecule has 0 fully saturated rings. The largest absolute Gasteiger partial charge is 0.459 e. The van der Waals surface area contributed by atoms with Crippen molar-refractivity contribution in [2.24, 2.45) is 0 Å². The monoisotopic (exact) mass is 191 g/mol. The van der Waals surface area contributed by atoms with Crippen LogP contribution in [-0.2, 0) is 14.6 Å². The van der Waals surface area contributed by atoms with Gasteiger partial charge in [-0.15, -0.1) is 0 Å². The van der Waals surface area contributed by atoms with Gasteiger partial charge in [0.25, 0.3) is 0 Å². The summed E-state index contributed by atoms with van der Waals surface area (Å²) in [6.45, 7) is 3.46. The number of benzene rings is 1. The molecule has 3 nitrogen and oxygen atoms in total. The first kappa shape index (κ1) is 10.5. The summed E-state index contributed by atoms with van der Waals surface area (Å²) >= 11 is 0. The molecule has 1 unspecified atom stereocenters. The summed E-state index contributed by atoms with van der Waals surface area (Å²) in [6, 6.07) is 8.41. The highest BCUT2D eigenvalue weighted by atomic mass is 16.5. The molecular formula is C11H11O3. The molecule has 1 radical (unpaired) electrons. The number of rotatable bonds is 4. The van der Waals surface area contributed by atoms with Gasteiger partial charge < -0.3 is 4.74 Å². The van der Waals surface area contributed by atoms with Gasteiger partial charge in [-0.2, -0.15) is 0 Å². The van der Waals surface area contributed by atoms with Gasteiger partial charge in [-0.05, 0) is 5.56 Å². The minimum Gasteiger partial charge on any atom is -0.459 e. The van der Waals surface area contributed by atoms with Crippen molar-refractivity contribution in [2.75, 3.05) is 6.61 Å². The van der Waals surface area contributed by atoms with Gasteiger partial charge in [0.05, 0.1) is 0 Å². The van der Waals surface area contributed by atoms with Crippen molar-refractivity contribution in [3.8, 4) is 0 Å². The van der Waals surface area contributed by atoms with Crippen LogP contribution in [0.25, 0.3) is 0 Å². The van der Waals surface area contributed by atoms with Crippen LogP contribution in [0.2, 0.25) is 0 Å². The molecule has 0 aliphatic heterocycles. The summed E-state index contributed by atoms with van der Waals surface area (Å²) in [5, 5.41) is 11.4. The van der Waals surface area contributed by atoms with Gasteiger partial charge in [-0.1, -0.05) is 43.0 Å². The topological polar surface area (TPSA) is 46.2 Å². The summed E-state index contributed by atoms with van der Waals surface area (Å²) < 4.78 is 4.64. The maximum atomic E-state index is 11.4. The Hall–Kier alpha value is -1.61. The van der Waals surface area contributed by atoms with Gasteiger partial charge in [0.1, 0.15) is 6.61 Å². The van der Waals surface area contributed by atoms with Crippen LogP contribution in [0.5, 0.6) is 0 Å². The zero-order valence-electron chi connectivity index (χ0n) is 7.68. The molecule has 0 heterocycles. The molecule has 1 aromatic carbocycles. The fourth-order valence-corrected chi connectivity index (χ4v) is 0.981. The van der Waals surface area contributed by atoms with E-state index in [4.69, 9.17) is 0 Å². The molecule has 0 bridgehead atoms. The molecule has 0 N–H and O–H groups in total. The molecule has 1 atom stereocenters. The van der Waals surface area contributed by atoms with Gasteiger partial charge in [-0.25, -0.2) is 9.90 Å². The molecule has 0 amide bonds. The van der Waals surface area contributed by atoms with E-state index in [1.165, 1.54) is 6.08 Å². The van der Waals surface area contributed by atoms with Crippen LogP contribution in [0.4, 0.5) is 0 Å². The zero-order chi connectivity index (χ0) is 10.4. The van der Waals surface area contributed by atoms with Gasteiger partial charge in [0, 0.05) is 0 Å². The van der Waals surface area contributed by atoms with Crippen molar-refractivity contribution >= 4 is 5.97 Å². The third-order valence-corrected chi connectivity index (χ3v) is 1.66. The third-order valence-electron chi connectivity index (χ3n) is 1.66. The standard InChI is InChI=1S/C11H11O3/c1-2-8-14-11(13)10(12)9-6-4-3-5-7-9/h2-7,10H,1,8H2. The lowest BCUT2D eigenvalue weighted by atomic mass is 10.1. The average Bonchev–Trinajstić information content (AvgIpc) is 2.26. The molecule has 0 aliphatic carbocycles. The number of ether oxygens (including phenoxy) is 1. The maximum absolute atomic E-state index is 11.4. The molecule has 0 spiro atoms. The molecule has 3 heteroatoms. The Morgan fingerprint density at radius 2 is 2.07 bits per heavy atom. The van der Waals surface area contributed by atoms with Crippen molar-refractivity contribution in [3.05, 3.63) is 48.6 Å². The number of hydrogen-bond donors (Lipinski definition) is 0. The van der Waals surface area contributed by atoms with E-state index in [0.717, 1.165) is 0 Å². The van der Waals surface area contributed by atoms with E-state index >= 15 is 0 Å². The van der Waals surface area contributed by atoms with Crippen LogP contribution < -0.4 is 0 Å². The first-order valence-electron chi connectivity index (χ1n) is 4.24.